The number of nitrogens with zero attached hydrogens (tertiary/aromatic N) is 2. The Morgan fingerprint density at radius 1 is 0.774 bits per heavy atom. The number of hydrogen-bond acceptors (Lipinski definition) is 5. The largest absolute Gasteiger partial charge is 0.292 e. The molecule has 0 saturated carbocycles. The van der Waals surface area contributed by atoms with Crippen molar-refractivity contribution in [3.8, 4) is 0 Å². The standard InChI is InChI=1S/C24H20N4O2S/c1-15-7-11-17(12-8-15)21(29)26-23(27-22(30)18-13-9-16(2)10-14-18)28-24-25-19-5-3-4-6-20(19)31-24/h3-14H,1-2H3,(H2,25,26,27,28,29,30). The third-order valence-corrected chi connectivity index (χ3v) is 5.51. The van der Waals surface area contributed by atoms with Crippen LogP contribution in [0.5, 0.6) is 0 Å². The second-order valence-electron chi connectivity index (χ2n) is 7.06. The minimum atomic E-state index is -0.371. The number of guanidine groups is 1. The predicted molar refractivity (Wildman–Crippen MR) is 124 cm³/mol. The molecule has 0 fully saturated rings. The quantitative estimate of drug-likeness (QED) is 0.364. The number of nitrogens with one attached hydrogen (secondary N) is 2. The SMILES string of the molecule is Cc1ccc(C(=O)NC(=Nc2nc3ccccc3s2)NC(=O)c2ccc(C)cc2)cc1. The molecule has 7 heteroatoms. The maximum absolute atomic E-state index is 12.7. The van der Waals surface area contributed by atoms with Gasteiger partial charge in [0.25, 0.3) is 11.8 Å². The molecule has 2 amide bonds. The van der Waals surface area contributed by atoms with E-state index >= 15 is 0 Å². The Hall–Kier alpha value is -3.84. The number of rotatable bonds is 3. The third kappa shape index (κ3) is 5.02. The van der Waals surface area contributed by atoms with Crippen molar-refractivity contribution < 1.29 is 9.59 Å². The number of carbonyl (C=O) groups is 2. The number of carbonyl (C=O) groups excluding carboxylic acids is 2. The first-order valence-corrected chi connectivity index (χ1v) is 10.5. The molecule has 4 rings (SSSR count). The Kier molecular flexibility index (Phi) is 5.86. The van der Waals surface area contributed by atoms with Gasteiger partial charge in [-0.05, 0) is 50.2 Å². The fourth-order valence-corrected chi connectivity index (χ4v) is 3.70. The summed E-state index contributed by atoms with van der Waals surface area (Å²) in [7, 11) is 0. The molecule has 0 bridgehead atoms. The lowest BCUT2D eigenvalue weighted by Gasteiger charge is -2.10. The lowest BCUT2D eigenvalue weighted by atomic mass is 10.1. The molecule has 0 aliphatic rings. The Bertz CT molecular complexity index is 1180. The Balaban J connectivity index is 1.63. The van der Waals surface area contributed by atoms with Gasteiger partial charge in [-0.1, -0.05) is 58.9 Å². The van der Waals surface area contributed by atoms with E-state index in [0.717, 1.165) is 21.3 Å². The van der Waals surface area contributed by atoms with Gasteiger partial charge in [0.1, 0.15) is 0 Å². The molecule has 0 spiro atoms. The lowest BCUT2D eigenvalue weighted by molar-refractivity contribution is 0.0966. The van der Waals surface area contributed by atoms with E-state index < -0.39 is 0 Å². The first-order chi connectivity index (χ1) is 15.0. The molecule has 0 saturated heterocycles. The average Bonchev–Trinajstić information content (AvgIpc) is 3.16. The molecule has 4 aromatic rings. The average molecular weight is 429 g/mol. The molecule has 6 nitrogen and oxygen atoms in total. The van der Waals surface area contributed by atoms with Crippen molar-refractivity contribution >= 4 is 44.5 Å². The molecular formula is C24H20N4O2S. The van der Waals surface area contributed by atoms with E-state index in [1.165, 1.54) is 11.3 Å². The van der Waals surface area contributed by atoms with Crippen molar-refractivity contribution in [2.45, 2.75) is 13.8 Å². The van der Waals surface area contributed by atoms with Gasteiger partial charge in [0.2, 0.25) is 11.1 Å². The molecule has 2 N–H and O–H groups in total. The van der Waals surface area contributed by atoms with Crippen LogP contribution in [0, 0.1) is 13.8 Å². The number of hydrogen-bond donors (Lipinski definition) is 2. The summed E-state index contributed by atoms with van der Waals surface area (Å²) in [6, 6.07) is 22.0. The Morgan fingerprint density at radius 3 is 1.81 bits per heavy atom. The molecular weight excluding hydrogens is 408 g/mol. The predicted octanol–water partition coefficient (Wildman–Crippen LogP) is 4.76. The summed E-state index contributed by atoms with van der Waals surface area (Å²) in [5, 5.41) is 5.84. The van der Waals surface area contributed by atoms with Crippen LogP contribution in [0.2, 0.25) is 0 Å². The van der Waals surface area contributed by atoms with Crippen LogP contribution < -0.4 is 10.6 Å². The van der Waals surface area contributed by atoms with Crippen molar-refractivity contribution in [2.24, 2.45) is 4.99 Å². The number of amides is 2. The van der Waals surface area contributed by atoms with Gasteiger partial charge in [-0.3, -0.25) is 20.2 Å². The first-order valence-electron chi connectivity index (χ1n) is 9.68. The van der Waals surface area contributed by atoms with E-state index in [0.29, 0.717) is 16.3 Å². The van der Waals surface area contributed by atoms with Crippen LogP contribution in [0.4, 0.5) is 5.13 Å². The molecule has 0 aliphatic heterocycles. The topological polar surface area (TPSA) is 83.4 Å². The fraction of sp³-hybridized carbons (Fsp3) is 0.0833. The number of benzene rings is 3. The van der Waals surface area contributed by atoms with Crippen molar-refractivity contribution in [3.63, 3.8) is 0 Å². The third-order valence-electron chi connectivity index (χ3n) is 4.58. The monoisotopic (exact) mass is 428 g/mol. The van der Waals surface area contributed by atoms with Gasteiger partial charge in [-0.25, -0.2) is 4.98 Å². The van der Waals surface area contributed by atoms with Gasteiger partial charge >= 0.3 is 0 Å². The van der Waals surface area contributed by atoms with E-state index in [9.17, 15) is 9.59 Å². The summed E-state index contributed by atoms with van der Waals surface area (Å²) >= 11 is 1.37. The minimum Gasteiger partial charge on any atom is -0.292 e. The number of aromatic nitrogens is 1. The van der Waals surface area contributed by atoms with Crippen molar-refractivity contribution in [1.82, 2.24) is 15.6 Å². The Labute approximate surface area is 183 Å². The van der Waals surface area contributed by atoms with E-state index in [1.54, 1.807) is 24.3 Å². The van der Waals surface area contributed by atoms with Crippen LogP contribution in [0.3, 0.4) is 0 Å². The normalized spacial score (nSPS) is 10.5. The van der Waals surface area contributed by atoms with Crippen LogP contribution in [0.25, 0.3) is 10.2 Å². The molecule has 1 aromatic heterocycles. The van der Waals surface area contributed by atoms with Gasteiger partial charge in [0.15, 0.2) is 0 Å². The Morgan fingerprint density at radius 2 is 1.29 bits per heavy atom. The highest BCUT2D eigenvalue weighted by Crippen LogP contribution is 2.27. The van der Waals surface area contributed by atoms with Crippen LogP contribution in [-0.2, 0) is 0 Å². The van der Waals surface area contributed by atoms with Gasteiger partial charge < -0.3 is 0 Å². The molecule has 154 valence electrons. The van der Waals surface area contributed by atoms with Crippen molar-refractivity contribution in [2.75, 3.05) is 0 Å². The number of thiazole rings is 1. The van der Waals surface area contributed by atoms with Gasteiger partial charge in [-0.2, -0.15) is 4.99 Å². The van der Waals surface area contributed by atoms with Crippen LogP contribution in [-0.4, -0.2) is 22.8 Å². The van der Waals surface area contributed by atoms with Gasteiger partial charge in [0.05, 0.1) is 10.2 Å². The highest BCUT2D eigenvalue weighted by molar-refractivity contribution is 7.22. The van der Waals surface area contributed by atoms with Crippen LogP contribution in [0.1, 0.15) is 31.8 Å². The number of fused-ring (bicyclic) bond motifs is 1. The van der Waals surface area contributed by atoms with Gasteiger partial charge in [0, 0.05) is 11.1 Å². The van der Waals surface area contributed by atoms with Crippen LogP contribution >= 0.6 is 11.3 Å². The molecule has 0 unspecified atom stereocenters. The molecule has 0 radical (unpaired) electrons. The molecule has 1 heterocycles. The molecule has 3 aromatic carbocycles. The second kappa shape index (κ2) is 8.89. The second-order valence-corrected chi connectivity index (χ2v) is 8.07. The number of aliphatic imine (C=N–C) groups is 1. The van der Waals surface area contributed by atoms with E-state index in [-0.39, 0.29) is 17.8 Å². The molecule has 0 aliphatic carbocycles. The van der Waals surface area contributed by atoms with Crippen molar-refractivity contribution in [1.29, 1.82) is 0 Å². The minimum absolute atomic E-state index is 0.0233. The van der Waals surface area contributed by atoms with E-state index in [2.05, 4.69) is 20.6 Å². The summed E-state index contributed by atoms with van der Waals surface area (Å²) in [5.74, 6) is -0.719. The zero-order chi connectivity index (χ0) is 21.8. The summed E-state index contributed by atoms with van der Waals surface area (Å²) in [5.41, 5.74) is 3.83. The van der Waals surface area contributed by atoms with Crippen molar-refractivity contribution in [3.05, 3.63) is 95.1 Å². The molecule has 31 heavy (non-hydrogen) atoms. The number of aryl methyl sites for hydroxylation is 2. The van der Waals surface area contributed by atoms with Crippen LogP contribution in [0.15, 0.2) is 77.8 Å². The maximum Gasteiger partial charge on any atom is 0.257 e. The van der Waals surface area contributed by atoms with E-state index in [4.69, 9.17) is 0 Å². The zero-order valence-corrected chi connectivity index (χ0v) is 17.9. The maximum atomic E-state index is 12.7. The smallest absolute Gasteiger partial charge is 0.257 e. The van der Waals surface area contributed by atoms with Gasteiger partial charge in [-0.15, -0.1) is 0 Å². The van der Waals surface area contributed by atoms with E-state index in [1.807, 2.05) is 62.4 Å². The fourth-order valence-electron chi connectivity index (χ4n) is 2.86. The highest BCUT2D eigenvalue weighted by atomic mass is 32.1. The summed E-state index contributed by atoms with van der Waals surface area (Å²) in [6.07, 6.45) is 0. The lowest BCUT2D eigenvalue weighted by Crippen LogP contribution is -2.43. The first kappa shape index (κ1) is 20.4. The highest BCUT2D eigenvalue weighted by Gasteiger charge is 2.14. The number of para-hydroxylation sites is 1. The zero-order valence-electron chi connectivity index (χ0n) is 17.0. The summed E-state index contributed by atoms with van der Waals surface area (Å²) in [6.45, 7) is 3.90. The molecule has 0 atom stereocenters. The summed E-state index contributed by atoms with van der Waals surface area (Å²) in [4.78, 5) is 34.3. The summed E-state index contributed by atoms with van der Waals surface area (Å²) < 4.78 is 0.968.